The van der Waals surface area contributed by atoms with Crippen LogP contribution in [0.25, 0.3) is 60.6 Å². The first-order valence-corrected chi connectivity index (χ1v) is 11.1. The molecule has 4 aromatic carbocycles. The van der Waals surface area contributed by atoms with Crippen LogP contribution in [-0.2, 0) is 0 Å². The van der Waals surface area contributed by atoms with Crippen molar-refractivity contribution in [3.05, 3.63) is 109 Å². The van der Waals surface area contributed by atoms with Crippen molar-refractivity contribution in [2.45, 2.75) is 0 Å². The molecule has 0 saturated heterocycles. The summed E-state index contributed by atoms with van der Waals surface area (Å²) in [7, 11) is 0. The van der Waals surface area contributed by atoms with Gasteiger partial charge in [0.15, 0.2) is 0 Å². The van der Waals surface area contributed by atoms with Gasteiger partial charge in [-0.2, -0.15) is 5.26 Å². The summed E-state index contributed by atoms with van der Waals surface area (Å²) >= 11 is 0. The van der Waals surface area contributed by atoms with Crippen LogP contribution in [-0.4, -0.2) is 9.55 Å². The van der Waals surface area contributed by atoms with Crippen LogP contribution in [0.4, 0.5) is 0 Å². The summed E-state index contributed by atoms with van der Waals surface area (Å²) in [6.07, 6.45) is 3.34. The number of para-hydroxylation sites is 2. The van der Waals surface area contributed by atoms with Gasteiger partial charge in [0, 0.05) is 45.2 Å². The quantitative estimate of drug-likeness (QED) is 0.281. The molecule has 4 heteroatoms. The molecule has 3 aromatic heterocycles. The van der Waals surface area contributed by atoms with E-state index in [0.717, 1.165) is 55.2 Å². The third-order valence-electron chi connectivity index (χ3n) is 6.53. The van der Waals surface area contributed by atoms with Gasteiger partial charge in [-0.1, -0.05) is 48.5 Å². The van der Waals surface area contributed by atoms with Gasteiger partial charge in [-0.25, -0.2) is 0 Å². The Morgan fingerprint density at radius 1 is 0.706 bits per heavy atom. The molecule has 34 heavy (non-hydrogen) atoms. The summed E-state index contributed by atoms with van der Waals surface area (Å²) in [6.45, 7) is 0. The Labute approximate surface area is 194 Å². The van der Waals surface area contributed by atoms with Crippen LogP contribution in [0, 0.1) is 11.3 Å². The number of benzene rings is 4. The van der Waals surface area contributed by atoms with Crippen LogP contribution in [0.2, 0.25) is 0 Å². The Morgan fingerprint density at radius 3 is 2.47 bits per heavy atom. The van der Waals surface area contributed by atoms with E-state index in [0.29, 0.717) is 5.56 Å². The van der Waals surface area contributed by atoms with Gasteiger partial charge < -0.3 is 8.98 Å². The number of rotatable bonds is 2. The Balaban J connectivity index is 1.57. The minimum absolute atomic E-state index is 0.563. The normalized spacial score (nSPS) is 11.5. The van der Waals surface area contributed by atoms with E-state index in [2.05, 4.69) is 70.2 Å². The zero-order valence-electron chi connectivity index (χ0n) is 18.1. The van der Waals surface area contributed by atoms with E-state index in [1.807, 2.05) is 36.4 Å². The average Bonchev–Trinajstić information content (AvgIpc) is 3.42. The summed E-state index contributed by atoms with van der Waals surface area (Å²) < 4.78 is 8.48. The molecule has 0 radical (unpaired) electrons. The molecular formula is C30H17N3O. The lowest BCUT2D eigenvalue weighted by atomic mass is 10.0. The van der Waals surface area contributed by atoms with Crippen molar-refractivity contribution < 1.29 is 4.42 Å². The van der Waals surface area contributed by atoms with Gasteiger partial charge in [0.1, 0.15) is 17.2 Å². The molecule has 0 amide bonds. The van der Waals surface area contributed by atoms with Crippen LogP contribution in [0.5, 0.6) is 0 Å². The highest BCUT2D eigenvalue weighted by Gasteiger charge is 2.16. The van der Waals surface area contributed by atoms with E-state index >= 15 is 0 Å². The topological polar surface area (TPSA) is 54.8 Å². The molecule has 0 bridgehead atoms. The van der Waals surface area contributed by atoms with Crippen molar-refractivity contribution in [1.82, 2.24) is 9.55 Å². The van der Waals surface area contributed by atoms with Crippen LogP contribution in [0.1, 0.15) is 5.56 Å². The van der Waals surface area contributed by atoms with Gasteiger partial charge in [-0.3, -0.25) is 4.98 Å². The first kappa shape index (κ1) is 18.7. The van der Waals surface area contributed by atoms with Gasteiger partial charge in [0.2, 0.25) is 0 Å². The van der Waals surface area contributed by atoms with E-state index in [4.69, 9.17) is 4.42 Å². The minimum atomic E-state index is 0.563. The van der Waals surface area contributed by atoms with Crippen molar-refractivity contribution >= 4 is 43.7 Å². The van der Waals surface area contributed by atoms with Crippen LogP contribution in [0.15, 0.2) is 108 Å². The Morgan fingerprint density at radius 2 is 1.56 bits per heavy atom. The summed E-state index contributed by atoms with van der Waals surface area (Å²) in [6, 6.07) is 33.5. The number of fused-ring (bicyclic) bond motifs is 6. The maximum absolute atomic E-state index is 9.58. The van der Waals surface area contributed by atoms with Crippen molar-refractivity contribution in [2.75, 3.05) is 0 Å². The smallest absolute Gasteiger partial charge is 0.136 e. The molecule has 0 saturated carbocycles. The largest absolute Gasteiger partial charge is 0.456 e. The summed E-state index contributed by atoms with van der Waals surface area (Å²) in [4.78, 5) is 4.11. The summed E-state index contributed by atoms with van der Waals surface area (Å²) in [5.41, 5.74) is 7.49. The van der Waals surface area contributed by atoms with E-state index in [9.17, 15) is 5.26 Å². The second kappa shape index (κ2) is 7.06. The van der Waals surface area contributed by atoms with Gasteiger partial charge in [0.25, 0.3) is 0 Å². The summed E-state index contributed by atoms with van der Waals surface area (Å²) in [5.74, 6) is 0. The van der Waals surface area contributed by atoms with Gasteiger partial charge in [0.05, 0.1) is 16.6 Å². The van der Waals surface area contributed by atoms with E-state index < -0.39 is 0 Å². The lowest BCUT2D eigenvalue weighted by Crippen LogP contribution is -1.95. The molecule has 158 valence electrons. The van der Waals surface area contributed by atoms with Crippen molar-refractivity contribution in [3.8, 4) is 22.9 Å². The Kier molecular flexibility index (Phi) is 3.88. The number of aromatic nitrogens is 2. The fraction of sp³-hybridized carbons (Fsp3) is 0. The highest BCUT2D eigenvalue weighted by atomic mass is 16.3. The van der Waals surface area contributed by atoms with Crippen LogP contribution >= 0.6 is 0 Å². The monoisotopic (exact) mass is 435 g/mol. The van der Waals surface area contributed by atoms with Gasteiger partial charge in [-0.05, 0) is 48.0 Å². The second-order valence-corrected chi connectivity index (χ2v) is 8.40. The molecule has 0 aliphatic rings. The number of hydrogen-bond acceptors (Lipinski definition) is 3. The first-order valence-electron chi connectivity index (χ1n) is 11.1. The number of furan rings is 1. The highest BCUT2D eigenvalue weighted by Crippen LogP contribution is 2.38. The lowest BCUT2D eigenvalue weighted by molar-refractivity contribution is 0.669. The van der Waals surface area contributed by atoms with Crippen LogP contribution in [0.3, 0.4) is 0 Å². The van der Waals surface area contributed by atoms with E-state index in [-0.39, 0.29) is 0 Å². The third kappa shape index (κ3) is 2.61. The number of nitrogens with zero attached hydrogens (tertiary/aromatic N) is 3. The molecule has 3 heterocycles. The predicted molar refractivity (Wildman–Crippen MR) is 136 cm³/mol. The van der Waals surface area contributed by atoms with Gasteiger partial charge >= 0.3 is 0 Å². The molecule has 0 spiro atoms. The molecule has 0 aliphatic heterocycles. The molecule has 4 nitrogen and oxygen atoms in total. The zero-order valence-corrected chi connectivity index (χ0v) is 18.1. The van der Waals surface area contributed by atoms with Crippen LogP contribution < -0.4 is 0 Å². The van der Waals surface area contributed by atoms with E-state index in [1.165, 1.54) is 5.39 Å². The number of hydrogen-bond donors (Lipinski definition) is 0. The molecular weight excluding hydrogens is 418 g/mol. The standard InChI is InChI=1S/C30H17N3O/c31-17-20-18-32-13-12-22(20)19-6-5-7-21(14-19)33-27-10-3-1-8-23(27)25-16-30-26(15-28(25)33)24-9-2-4-11-29(24)34-30/h1-16,18H. The fourth-order valence-electron chi connectivity index (χ4n) is 5.01. The highest BCUT2D eigenvalue weighted by molar-refractivity contribution is 6.17. The van der Waals surface area contributed by atoms with Crippen molar-refractivity contribution in [2.24, 2.45) is 0 Å². The summed E-state index contributed by atoms with van der Waals surface area (Å²) in [5, 5.41) is 14.1. The fourth-order valence-corrected chi connectivity index (χ4v) is 5.01. The SMILES string of the molecule is N#Cc1cnccc1-c1cccc(-n2c3ccccc3c3cc4oc5ccccc5c4cc32)c1. The molecule has 7 rings (SSSR count). The minimum Gasteiger partial charge on any atom is -0.456 e. The average molecular weight is 435 g/mol. The molecule has 0 fully saturated rings. The Bertz CT molecular complexity index is 1930. The maximum Gasteiger partial charge on any atom is 0.136 e. The maximum atomic E-state index is 9.58. The van der Waals surface area contributed by atoms with Gasteiger partial charge in [-0.15, -0.1) is 0 Å². The number of pyridine rings is 1. The molecule has 0 N–H and O–H groups in total. The molecule has 7 aromatic rings. The third-order valence-corrected chi connectivity index (χ3v) is 6.53. The Hall–Kier alpha value is -4.88. The lowest BCUT2D eigenvalue weighted by Gasteiger charge is -2.11. The molecule has 0 unspecified atom stereocenters. The van der Waals surface area contributed by atoms with Crippen molar-refractivity contribution in [1.29, 1.82) is 5.26 Å². The first-order chi connectivity index (χ1) is 16.8. The molecule has 0 atom stereocenters. The zero-order chi connectivity index (χ0) is 22.6. The molecule has 0 aliphatic carbocycles. The number of nitriles is 1. The van der Waals surface area contributed by atoms with Crippen molar-refractivity contribution in [3.63, 3.8) is 0 Å². The second-order valence-electron chi connectivity index (χ2n) is 8.40. The predicted octanol–water partition coefficient (Wildman–Crippen LogP) is 7.62. The van der Waals surface area contributed by atoms with E-state index in [1.54, 1.807) is 12.4 Å².